The lowest BCUT2D eigenvalue weighted by Crippen LogP contribution is -2.39. The Kier molecular flexibility index (Phi) is 11.3. The van der Waals surface area contributed by atoms with Crippen LogP contribution in [0.15, 0.2) is 0 Å². The molecular weight excluding hydrogens is 257 g/mol. The second-order valence-electron chi connectivity index (χ2n) is 4.55. The van der Waals surface area contributed by atoms with E-state index in [-0.39, 0.29) is 0 Å². The van der Waals surface area contributed by atoms with Crippen molar-refractivity contribution >= 4 is 0 Å². The van der Waals surface area contributed by atoms with Crippen LogP contribution in [0.2, 0.25) is 0 Å². The smallest absolute Gasteiger partial charge is 0.382 e. The van der Waals surface area contributed by atoms with Crippen molar-refractivity contribution in [2.75, 3.05) is 45.9 Å². The third kappa shape index (κ3) is 13.9. The molecular formula is C13H27F3N2O. The van der Waals surface area contributed by atoms with Gasteiger partial charge in [-0.25, -0.2) is 0 Å². The Hall–Kier alpha value is -0.330. The van der Waals surface area contributed by atoms with Crippen LogP contribution >= 0.6 is 0 Å². The molecule has 0 fully saturated rings. The molecule has 0 atom stereocenters. The topological polar surface area (TPSA) is 24.5 Å². The van der Waals surface area contributed by atoms with Gasteiger partial charge in [-0.1, -0.05) is 6.92 Å². The summed E-state index contributed by atoms with van der Waals surface area (Å²) in [4.78, 5) is 1.45. The number of rotatable bonds is 12. The molecule has 0 aliphatic heterocycles. The van der Waals surface area contributed by atoms with Crippen molar-refractivity contribution in [1.82, 2.24) is 10.2 Å². The molecule has 0 spiro atoms. The largest absolute Gasteiger partial charge is 0.401 e. The van der Waals surface area contributed by atoms with E-state index in [0.29, 0.717) is 19.6 Å². The maximum atomic E-state index is 12.3. The molecule has 1 N–H and O–H groups in total. The summed E-state index contributed by atoms with van der Waals surface area (Å²) >= 11 is 0. The van der Waals surface area contributed by atoms with Gasteiger partial charge in [-0.05, 0) is 39.3 Å². The van der Waals surface area contributed by atoms with Gasteiger partial charge in [0.2, 0.25) is 0 Å². The molecule has 0 rings (SSSR count). The number of nitrogens with one attached hydrogen (secondary N) is 1. The Morgan fingerprint density at radius 3 is 2.37 bits per heavy atom. The average Bonchev–Trinajstić information content (AvgIpc) is 2.31. The maximum absolute atomic E-state index is 12.3. The second-order valence-corrected chi connectivity index (χ2v) is 4.55. The average molecular weight is 284 g/mol. The molecule has 0 amide bonds. The summed E-state index contributed by atoms with van der Waals surface area (Å²) in [6.45, 7) is 6.90. The zero-order chi connectivity index (χ0) is 14.6. The molecule has 0 aromatic heterocycles. The Bertz CT molecular complexity index is 201. The molecule has 0 aromatic carbocycles. The zero-order valence-electron chi connectivity index (χ0n) is 12.1. The Morgan fingerprint density at radius 2 is 1.79 bits per heavy atom. The van der Waals surface area contributed by atoms with Gasteiger partial charge in [0.15, 0.2) is 0 Å². The summed E-state index contributed by atoms with van der Waals surface area (Å²) in [7, 11) is 0. The van der Waals surface area contributed by atoms with E-state index in [1.807, 2.05) is 13.8 Å². The molecule has 19 heavy (non-hydrogen) atoms. The van der Waals surface area contributed by atoms with Crippen molar-refractivity contribution in [2.24, 2.45) is 0 Å². The van der Waals surface area contributed by atoms with Gasteiger partial charge in [-0.2, -0.15) is 13.2 Å². The quantitative estimate of drug-likeness (QED) is 0.558. The fourth-order valence-electron chi connectivity index (χ4n) is 1.80. The predicted molar refractivity (Wildman–Crippen MR) is 71.4 cm³/mol. The van der Waals surface area contributed by atoms with Gasteiger partial charge in [-0.3, -0.25) is 4.90 Å². The van der Waals surface area contributed by atoms with Crippen LogP contribution in [0, 0.1) is 0 Å². The number of unbranched alkanes of at least 4 members (excludes halogenated alkanes) is 1. The highest BCUT2D eigenvalue weighted by Crippen LogP contribution is 2.16. The second kappa shape index (κ2) is 11.5. The van der Waals surface area contributed by atoms with Crippen molar-refractivity contribution < 1.29 is 17.9 Å². The molecule has 0 aliphatic rings. The molecule has 0 aromatic rings. The first kappa shape index (κ1) is 18.7. The molecule has 116 valence electrons. The highest BCUT2D eigenvalue weighted by atomic mass is 19.4. The van der Waals surface area contributed by atoms with E-state index < -0.39 is 12.7 Å². The first-order valence-electron chi connectivity index (χ1n) is 7.07. The fourth-order valence-corrected chi connectivity index (χ4v) is 1.80. The van der Waals surface area contributed by atoms with Crippen LogP contribution in [0.4, 0.5) is 13.2 Å². The minimum atomic E-state index is -4.10. The molecule has 0 saturated carbocycles. The van der Waals surface area contributed by atoms with E-state index in [9.17, 15) is 13.2 Å². The van der Waals surface area contributed by atoms with Gasteiger partial charge in [0.05, 0.1) is 6.54 Å². The lowest BCUT2D eigenvalue weighted by molar-refractivity contribution is -0.145. The highest BCUT2D eigenvalue weighted by molar-refractivity contribution is 4.64. The van der Waals surface area contributed by atoms with Gasteiger partial charge in [0.25, 0.3) is 0 Å². The van der Waals surface area contributed by atoms with Crippen LogP contribution < -0.4 is 5.32 Å². The van der Waals surface area contributed by atoms with Crippen molar-refractivity contribution in [3.63, 3.8) is 0 Å². The lowest BCUT2D eigenvalue weighted by atomic mass is 10.3. The van der Waals surface area contributed by atoms with Crippen LogP contribution in [0.1, 0.15) is 33.1 Å². The van der Waals surface area contributed by atoms with Crippen molar-refractivity contribution in [1.29, 1.82) is 0 Å². The first-order valence-corrected chi connectivity index (χ1v) is 7.07. The first-order chi connectivity index (χ1) is 8.99. The minimum Gasteiger partial charge on any atom is -0.382 e. The number of alkyl halides is 3. The summed E-state index contributed by atoms with van der Waals surface area (Å²) < 4.78 is 42.1. The lowest BCUT2D eigenvalue weighted by Gasteiger charge is -2.23. The van der Waals surface area contributed by atoms with Crippen LogP contribution in [-0.4, -0.2) is 57.0 Å². The monoisotopic (exact) mass is 284 g/mol. The normalized spacial score (nSPS) is 12.3. The SMILES string of the molecule is CCCN(CCNCCCCOCC)CC(F)(F)F. The van der Waals surface area contributed by atoms with Gasteiger partial charge < -0.3 is 10.1 Å². The summed E-state index contributed by atoms with van der Waals surface area (Å²) in [6.07, 6.45) is -1.38. The van der Waals surface area contributed by atoms with Gasteiger partial charge >= 0.3 is 6.18 Å². The van der Waals surface area contributed by atoms with Crippen molar-refractivity contribution in [2.45, 2.75) is 39.3 Å². The molecule has 6 heteroatoms. The summed E-state index contributed by atoms with van der Waals surface area (Å²) in [5.41, 5.74) is 0. The van der Waals surface area contributed by atoms with Crippen molar-refractivity contribution in [3.05, 3.63) is 0 Å². The minimum absolute atomic E-state index is 0.443. The number of nitrogens with zero attached hydrogens (tertiary/aromatic N) is 1. The highest BCUT2D eigenvalue weighted by Gasteiger charge is 2.29. The third-order valence-electron chi connectivity index (χ3n) is 2.64. The van der Waals surface area contributed by atoms with Crippen LogP contribution in [-0.2, 0) is 4.74 Å². The zero-order valence-corrected chi connectivity index (χ0v) is 12.1. The van der Waals surface area contributed by atoms with E-state index in [1.165, 1.54) is 4.90 Å². The van der Waals surface area contributed by atoms with Crippen molar-refractivity contribution in [3.8, 4) is 0 Å². The summed E-state index contributed by atoms with van der Waals surface area (Å²) in [5, 5.41) is 3.17. The predicted octanol–water partition coefficient (Wildman–Crippen LogP) is 2.67. The van der Waals surface area contributed by atoms with Gasteiger partial charge in [0, 0.05) is 26.3 Å². The number of ether oxygens (including phenoxy) is 1. The molecule has 0 saturated heterocycles. The Balaban J connectivity index is 3.53. The van der Waals surface area contributed by atoms with E-state index in [0.717, 1.165) is 39.0 Å². The van der Waals surface area contributed by atoms with E-state index in [4.69, 9.17) is 4.74 Å². The molecule has 3 nitrogen and oxygen atoms in total. The maximum Gasteiger partial charge on any atom is 0.401 e. The molecule has 0 unspecified atom stereocenters. The van der Waals surface area contributed by atoms with Crippen LogP contribution in [0.5, 0.6) is 0 Å². The number of hydrogen-bond donors (Lipinski definition) is 1. The Morgan fingerprint density at radius 1 is 1.05 bits per heavy atom. The molecule has 0 aliphatic carbocycles. The standard InChI is InChI=1S/C13H27F3N2O/c1-3-9-18(12-13(14,15)16)10-8-17-7-5-6-11-19-4-2/h17H,3-12H2,1-2H3. The van der Waals surface area contributed by atoms with E-state index in [2.05, 4.69) is 5.32 Å². The third-order valence-corrected chi connectivity index (χ3v) is 2.64. The number of hydrogen-bond acceptors (Lipinski definition) is 3. The van der Waals surface area contributed by atoms with Crippen LogP contribution in [0.25, 0.3) is 0 Å². The summed E-state index contributed by atoms with van der Waals surface area (Å²) in [5.74, 6) is 0. The number of halogens is 3. The summed E-state index contributed by atoms with van der Waals surface area (Å²) in [6, 6.07) is 0. The van der Waals surface area contributed by atoms with Crippen LogP contribution in [0.3, 0.4) is 0 Å². The Labute approximate surface area is 114 Å². The molecule has 0 heterocycles. The van der Waals surface area contributed by atoms with Gasteiger partial charge in [-0.15, -0.1) is 0 Å². The molecule has 0 radical (unpaired) electrons. The molecule has 0 bridgehead atoms. The fraction of sp³-hybridized carbons (Fsp3) is 1.00. The van der Waals surface area contributed by atoms with E-state index >= 15 is 0 Å². The van der Waals surface area contributed by atoms with Gasteiger partial charge in [0.1, 0.15) is 0 Å². The van der Waals surface area contributed by atoms with E-state index in [1.54, 1.807) is 0 Å².